The van der Waals surface area contributed by atoms with Crippen molar-refractivity contribution in [2.75, 3.05) is 13.1 Å². The van der Waals surface area contributed by atoms with Crippen molar-refractivity contribution in [2.45, 2.75) is 32.5 Å². The number of carbonyl (C=O) groups excluding carboxylic acids is 1. The van der Waals surface area contributed by atoms with Crippen LogP contribution < -0.4 is 5.73 Å². The number of hydrogen-bond donors (Lipinski definition) is 2. The summed E-state index contributed by atoms with van der Waals surface area (Å²) in [6.07, 6.45) is 4.60. The SMILES string of the molecule is CC(C#Cc1ccc(CN2CC(C(N)=O)C2)nc1)n1ccnc1[C@H](C)O. The lowest BCUT2D eigenvalue weighted by Crippen LogP contribution is -2.51. The maximum absolute atomic E-state index is 11.0. The molecule has 1 saturated heterocycles. The molecule has 2 aromatic heterocycles. The summed E-state index contributed by atoms with van der Waals surface area (Å²) in [6, 6.07) is 3.79. The van der Waals surface area contributed by atoms with Gasteiger partial charge in [0.2, 0.25) is 5.91 Å². The molecule has 3 heterocycles. The van der Waals surface area contributed by atoms with Crippen molar-refractivity contribution in [3.8, 4) is 11.8 Å². The standard InChI is InChI=1S/C19H23N5O2/c1-13(24-8-7-21-19(24)14(2)25)3-4-15-5-6-17(22-9-15)12-23-10-16(11-23)18(20)26/h5-9,13-14,16,25H,10-12H2,1-2H3,(H2,20,26)/t13?,14-/m0/s1. The quantitative estimate of drug-likeness (QED) is 0.777. The zero-order valence-corrected chi connectivity index (χ0v) is 15.0. The molecule has 7 nitrogen and oxygen atoms in total. The third-order valence-corrected chi connectivity index (χ3v) is 4.48. The topological polar surface area (TPSA) is 97.3 Å². The van der Waals surface area contributed by atoms with Crippen LogP contribution in [-0.2, 0) is 11.3 Å². The van der Waals surface area contributed by atoms with Gasteiger partial charge in [-0.2, -0.15) is 0 Å². The summed E-state index contributed by atoms with van der Waals surface area (Å²) < 4.78 is 1.86. The highest BCUT2D eigenvalue weighted by atomic mass is 16.3. The molecule has 1 fully saturated rings. The highest BCUT2D eigenvalue weighted by Crippen LogP contribution is 2.18. The van der Waals surface area contributed by atoms with Crippen LogP contribution in [0.25, 0.3) is 0 Å². The molecule has 0 spiro atoms. The molecule has 0 saturated carbocycles. The van der Waals surface area contributed by atoms with E-state index >= 15 is 0 Å². The van der Waals surface area contributed by atoms with Gasteiger partial charge in [-0.1, -0.05) is 11.8 Å². The lowest BCUT2D eigenvalue weighted by Gasteiger charge is -2.36. The molecule has 26 heavy (non-hydrogen) atoms. The Labute approximate surface area is 152 Å². The average molecular weight is 353 g/mol. The van der Waals surface area contributed by atoms with E-state index in [4.69, 9.17) is 5.73 Å². The Morgan fingerprint density at radius 1 is 1.38 bits per heavy atom. The third kappa shape index (κ3) is 4.10. The molecule has 1 aliphatic heterocycles. The molecule has 0 bridgehead atoms. The summed E-state index contributed by atoms with van der Waals surface area (Å²) in [7, 11) is 0. The minimum atomic E-state index is -0.633. The predicted octanol–water partition coefficient (Wildman–Crippen LogP) is 0.861. The Bertz CT molecular complexity index is 826. The molecule has 7 heteroatoms. The van der Waals surface area contributed by atoms with E-state index in [-0.39, 0.29) is 17.9 Å². The van der Waals surface area contributed by atoms with Crippen LogP contribution in [0.5, 0.6) is 0 Å². The number of carbonyl (C=O) groups is 1. The Hall–Kier alpha value is -2.69. The number of pyridine rings is 1. The van der Waals surface area contributed by atoms with Gasteiger partial charge in [-0.25, -0.2) is 4.98 Å². The number of likely N-dealkylation sites (tertiary alicyclic amines) is 1. The predicted molar refractivity (Wildman–Crippen MR) is 96.6 cm³/mol. The molecule has 0 aromatic carbocycles. The van der Waals surface area contributed by atoms with Crippen molar-refractivity contribution in [2.24, 2.45) is 11.7 Å². The molecule has 2 atom stereocenters. The lowest BCUT2D eigenvalue weighted by molar-refractivity contribution is -0.127. The Morgan fingerprint density at radius 3 is 2.77 bits per heavy atom. The molecule has 0 aliphatic carbocycles. The van der Waals surface area contributed by atoms with Crippen LogP contribution in [-0.4, -0.2) is 43.5 Å². The molecular weight excluding hydrogens is 330 g/mol. The first-order valence-corrected chi connectivity index (χ1v) is 8.63. The van der Waals surface area contributed by atoms with Gasteiger partial charge in [-0.15, -0.1) is 0 Å². The maximum atomic E-state index is 11.0. The third-order valence-electron chi connectivity index (χ3n) is 4.48. The Morgan fingerprint density at radius 2 is 2.15 bits per heavy atom. The Balaban J connectivity index is 1.59. The summed E-state index contributed by atoms with van der Waals surface area (Å²) in [6.45, 7) is 5.76. The summed E-state index contributed by atoms with van der Waals surface area (Å²) in [4.78, 5) is 21.8. The number of primary amides is 1. The van der Waals surface area contributed by atoms with Crippen LogP contribution in [0.1, 0.15) is 43.1 Å². The van der Waals surface area contributed by atoms with E-state index in [1.54, 1.807) is 19.3 Å². The molecule has 136 valence electrons. The molecule has 1 unspecified atom stereocenters. The first-order valence-electron chi connectivity index (χ1n) is 8.63. The molecular formula is C19H23N5O2. The van der Waals surface area contributed by atoms with E-state index < -0.39 is 6.10 Å². The number of aromatic nitrogens is 3. The van der Waals surface area contributed by atoms with Crippen molar-refractivity contribution in [3.63, 3.8) is 0 Å². The number of hydrogen-bond acceptors (Lipinski definition) is 5. The Kier molecular flexibility index (Phi) is 5.35. The van der Waals surface area contributed by atoms with Gasteiger partial charge in [-0.3, -0.25) is 14.7 Å². The highest BCUT2D eigenvalue weighted by Gasteiger charge is 2.30. The van der Waals surface area contributed by atoms with E-state index in [9.17, 15) is 9.90 Å². The van der Waals surface area contributed by atoms with E-state index in [2.05, 4.69) is 26.7 Å². The van der Waals surface area contributed by atoms with Gasteiger partial charge in [-0.05, 0) is 26.0 Å². The fraction of sp³-hybridized carbons (Fsp3) is 0.421. The van der Waals surface area contributed by atoms with Crippen LogP contribution in [0, 0.1) is 17.8 Å². The van der Waals surface area contributed by atoms with Crippen molar-refractivity contribution < 1.29 is 9.90 Å². The second kappa shape index (κ2) is 7.68. The number of imidazole rings is 1. The van der Waals surface area contributed by atoms with E-state index in [1.165, 1.54) is 0 Å². The summed E-state index contributed by atoms with van der Waals surface area (Å²) >= 11 is 0. The smallest absolute Gasteiger partial charge is 0.223 e. The number of rotatable bonds is 5. The molecule has 2 aromatic rings. The van der Waals surface area contributed by atoms with Crippen LogP contribution >= 0.6 is 0 Å². The van der Waals surface area contributed by atoms with Crippen molar-refractivity contribution in [1.82, 2.24) is 19.4 Å². The van der Waals surface area contributed by atoms with Gasteiger partial charge in [0.15, 0.2) is 0 Å². The van der Waals surface area contributed by atoms with Crippen LogP contribution in [0.2, 0.25) is 0 Å². The van der Waals surface area contributed by atoms with Gasteiger partial charge in [0.1, 0.15) is 11.9 Å². The molecule has 0 radical (unpaired) electrons. The number of aliphatic hydroxyl groups excluding tert-OH is 1. The van der Waals surface area contributed by atoms with Crippen molar-refractivity contribution >= 4 is 5.91 Å². The van der Waals surface area contributed by atoms with Gasteiger partial charge in [0.25, 0.3) is 0 Å². The average Bonchev–Trinajstić information content (AvgIpc) is 3.06. The monoisotopic (exact) mass is 353 g/mol. The first-order chi connectivity index (χ1) is 12.4. The molecule has 1 aliphatic rings. The summed E-state index contributed by atoms with van der Waals surface area (Å²) in [5.74, 6) is 6.61. The van der Waals surface area contributed by atoms with Gasteiger partial charge >= 0.3 is 0 Å². The maximum Gasteiger partial charge on any atom is 0.223 e. The second-order valence-corrected chi connectivity index (χ2v) is 6.65. The summed E-state index contributed by atoms with van der Waals surface area (Å²) in [5.41, 5.74) is 7.05. The van der Waals surface area contributed by atoms with E-state index in [1.807, 2.05) is 29.8 Å². The largest absolute Gasteiger partial charge is 0.385 e. The lowest BCUT2D eigenvalue weighted by atomic mass is 9.99. The normalized spacial score (nSPS) is 17.0. The molecule has 1 amide bonds. The van der Waals surface area contributed by atoms with Gasteiger partial charge in [0, 0.05) is 43.8 Å². The second-order valence-electron chi connectivity index (χ2n) is 6.65. The highest BCUT2D eigenvalue weighted by molar-refractivity contribution is 5.78. The van der Waals surface area contributed by atoms with E-state index in [0.717, 1.165) is 11.3 Å². The minimum Gasteiger partial charge on any atom is -0.385 e. The fourth-order valence-electron chi connectivity index (χ4n) is 2.93. The zero-order chi connectivity index (χ0) is 18.7. The fourth-order valence-corrected chi connectivity index (χ4v) is 2.93. The molecule has 3 rings (SSSR count). The first kappa shape index (κ1) is 18.1. The number of nitrogens with two attached hydrogens (primary N) is 1. The minimum absolute atomic E-state index is 0.0312. The van der Waals surface area contributed by atoms with Crippen molar-refractivity contribution in [3.05, 3.63) is 47.8 Å². The van der Waals surface area contributed by atoms with Gasteiger partial charge < -0.3 is 15.4 Å². The molecule has 3 N–H and O–H groups in total. The van der Waals surface area contributed by atoms with Crippen molar-refractivity contribution in [1.29, 1.82) is 0 Å². The van der Waals surface area contributed by atoms with E-state index in [0.29, 0.717) is 25.5 Å². The number of aliphatic hydroxyl groups is 1. The van der Waals surface area contributed by atoms with Crippen LogP contribution in [0.15, 0.2) is 30.7 Å². The number of amides is 1. The van der Waals surface area contributed by atoms with Gasteiger partial charge in [0.05, 0.1) is 17.7 Å². The van der Waals surface area contributed by atoms with Crippen LogP contribution in [0.3, 0.4) is 0 Å². The summed E-state index contributed by atoms with van der Waals surface area (Å²) in [5, 5.41) is 9.73. The van der Waals surface area contributed by atoms with Crippen LogP contribution in [0.4, 0.5) is 0 Å². The zero-order valence-electron chi connectivity index (χ0n) is 15.0. The number of nitrogens with zero attached hydrogens (tertiary/aromatic N) is 4.